The number of benzene rings is 1. The third kappa shape index (κ3) is 4.45. The summed E-state index contributed by atoms with van der Waals surface area (Å²) in [6.45, 7) is 1.85. The number of para-hydroxylation sites is 1. The van der Waals surface area contributed by atoms with Crippen LogP contribution in [0.5, 0.6) is 0 Å². The fourth-order valence-electron chi connectivity index (χ4n) is 2.01. The van der Waals surface area contributed by atoms with Crippen LogP contribution in [0.15, 0.2) is 36.5 Å². The lowest BCUT2D eigenvalue weighted by atomic mass is 10.2. The molecular formula is C17H19ClN4O2. The Hall–Kier alpha value is -2.60. The van der Waals surface area contributed by atoms with Crippen molar-refractivity contribution in [1.82, 2.24) is 14.7 Å². The number of carbonyl (C=O) groups excluding carboxylic acids is 2. The van der Waals surface area contributed by atoms with Crippen LogP contribution in [0.3, 0.4) is 0 Å². The van der Waals surface area contributed by atoms with Crippen LogP contribution in [0.4, 0.5) is 5.69 Å². The van der Waals surface area contributed by atoms with Gasteiger partial charge < -0.3 is 10.2 Å². The van der Waals surface area contributed by atoms with Crippen LogP contribution in [0.25, 0.3) is 6.08 Å². The third-order valence-corrected chi connectivity index (χ3v) is 3.91. The number of aromatic nitrogens is 2. The minimum Gasteiger partial charge on any atom is -0.333 e. The van der Waals surface area contributed by atoms with E-state index in [0.717, 1.165) is 11.3 Å². The molecule has 0 saturated carbocycles. The molecule has 1 aromatic carbocycles. The van der Waals surface area contributed by atoms with Crippen molar-refractivity contribution in [2.75, 3.05) is 18.9 Å². The quantitative estimate of drug-likeness (QED) is 0.846. The molecule has 0 saturated heterocycles. The minimum atomic E-state index is -0.315. The first-order valence-corrected chi connectivity index (χ1v) is 7.72. The van der Waals surface area contributed by atoms with Gasteiger partial charge in [0.1, 0.15) is 0 Å². The lowest BCUT2D eigenvalue weighted by molar-refractivity contribution is -0.129. The maximum Gasteiger partial charge on any atom is 0.246 e. The van der Waals surface area contributed by atoms with Crippen LogP contribution in [-0.2, 0) is 16.6 Å². The van der Waals surface area contributed by atoms with Gasteiger partial charge in [-0.25, -0.2) is 0 Å². The highest BCUT2D eigenvalue weighted by Crippen LogP contribution is 2.20. The van der Waals surface area contributed by atoms with Crippen LogP contribution in [0.1, 0.15) is 11.3 Å². The minimum absolute atomic E-state index is 0.0690. The number of hydrogen-bond donors (Lipinski definition) is 1. The first kappa shape index (κ1) is 17.7. The largest absolute Gasteiger partial charge is 0.333 e. The van der Waals surface area contributed by atoms with Gasteiger partial charge in [-0.05, 0) is 25.1 Å². The summed E-state index contributed by atoms with van der Waals surface area (Å²) in [6.07, 6.45) is 4.79. The zero-order valence-electron chi connectivity index (χ0n) is 13.8. The van der Waals surface area contributed by atoms with Gasteiger partial charge in [-0.15, -0.1) is 0 Å². The molecule has 2 aromatic rings. The van der Waals surface area contributed by atoms with E-state index in [0.29, 0.717) is 10.7 Å². The molecule has 1 aromatic heterocycles. The Balaban J connectivity index is 1.92. The van der Waals surface area contributed by atoms with E-state index >= 15 is 0 Å². The number of halogens is 1. The lowest BCUT2D eigenvalue weighted by Gasteiger charge is -2.15. The van der Waals surface area contributed by atoms with E-state index in [1.54, 1.807) is 48.3 Å². The number of carbonyl (C=O) groups is 2. The summed E-state index contributed by atoms with van der Waals surface area (Å²) < 4.78 is 1.73. The standard InChI is InChI=1S/C17H19ClN4O2/c1-12-13(10-19-22(12)3)8-9-17(24)21(2)11-16(23)20-15-7-5-4-6-14(15)18/h4-10H,11H2,1-3H3,(H,20,23). The molecule has 0 atom stereocenters. The molecule has 7 heteroatoms. The summed E-state index contributed by atoms with van der Waals surface area (Å²) in [5.74, 6) is -0.586. The van der Waals surface area contributed by atoms with E-state index in [1.807, 2.05) is 14.0 Å². The van der Waals surface area contributed by atoms with Gasteiger partial charge in [0.25, 0.3) is 0 Å². The number of amides is 2. The SMILES string of the molecule is Cc1c(C=CC(=O)N(C)CC(=O)Nc2ccccc2Cl)cnn1C. The monoisotopic (exact) mass is 346 g/mol. The van der Waals surface area contributed by atoms with Gasteiger partial charge in [0.05, 0.1) is 23.5 Å². The van der Waals surface area contributed by atoms with E-state index in [9.17, 15) is 9.59 Å². The molecule has 0 aliphatic carbocycles. The van der Waals surface area contributed by atoms with Gasteiger partial charge in [-0.1, -0.05) is 23.7 Å². The molecule has 2 amide bonds. The number of likely N-dealkylation sites (N-methyl/N-ethyl adjacent to an activating group) is 1. The Kier molecular flexibility index (Phi) is 5.76. The summed E-state index contributed by atoms with van der Waals surface area (Å²) in [5.41, 5.74) is 2.34. The topological polar surface area (TPSA) is 67.2 Å². The van der Waals surface area contributed by atoms with Crippen LogP contribution < -0.4 is 5.32 Å². The van der Waals surface area contributed by atoms with Crippen LogP contribution >= 0.6 is 11.6 Å². The van der Waals surface area contributed by atoms with Crippen molar-refractivity contribution in [3.05, 3.63) is 52.8 Å². The molecule has 0 aliphatic heterocycles. The molecule has 0 aliphatic rings. The number of hydrogen-bond acceptors (Lipinski definition) is 3. The van der Waals surface area contributed by atoms with Gasteiger partial charge in [-0.2, -0.15) is 5.10 Å². The van der Waals surface area contributed by atoms with Crippen molar-refractivity contribution >= 4 is 35.2 Å². The van der Waals surface area contributed by atoms with Crippen molar-refractivity contribution in [3.8, 4) is 0 Å². The summed E-state index contributed by atoms with van der Waals surface area (Å²) in [6, 6.07) is 6.94. The van der Waals surface area contributed by atoms with E-state index < -0.39 is 0 Å². The number of aryl methyl sites for hydroxylation is 1. The number of anilines is 1. The Bertz CT molecular complexity index is 783. The zero-order valence-corrected chi connectivity index (χ0v) is 14.5. The maximum atomic E-state index is 12.1. The summed E-state index contributed by atoms with van der Waals surface area (Å²) in [7, 11) is 3.40. The highest BCUT2D eigenvalue weighted by atomic mass is 35.5. The van der Waals surface area contributed by atoms with Gasteiger partial charge in [-0.3, -0.25) is 14.3 Å². The first-order valence-electron chi connectivity index (χ1n) is 7.34. The molecule has 0 radical (unpaired) electrons. The van der Waals surface area contributed by atoms with E-state index in [-0.39, 0.29) is 18.4 Å². The average Bonchev–Trinajstić information content (AvgIpc) is 2.86. The van der Waals surface area contributed by atoms with Crippen LogP contribution in [0, 0.1) is 6.92 Å². The Morgan fingerprint density at radius 3 is 2.71 bits per heavy atom. The van der Waals surface area contributed by atoms with Crippen molar-refractivity contribution < 1.29 is 9.59 Å². The van der Waals surface area contributed by atoms with Gasteiger partial charge in [0.15, 0.2) is 0 Å². The average molecular weight is 347 g/mol. The molecule has 1 N–H and O–H groups in total. The number of rotatable bonds is 5. The van der Waals surface area contributed by atoms with Crippen LogP contribution in [0.2, 0.25) is 5.02 Å². The van der Waals surface area contributed by atoms with Gasteiger partial charge in [0, 0.05) is 31.4 Å². The molecule has 0 spiro atoms. The summed E-state index contributed by atoms with van der Waals surface area (Å²) >= 11 is 5.99. The van der Waals surface area contributed by atoms with Gasteiger partial charge >= 0.3 is 0 Å². The normalized spacial score (nSPS) is 10.8. The van der Waals surface area contributed by atoms with Crippen LogP contribution in [-0.4, -0.2) is 40.1 Å². The Labute approximate surface area is 145 Å². The van der Waals surface area contributed by atoms with Crippen molar-refractivity contribution in [3.63, 3.8) is 0 Å². The van der Waals surface area contributed by atoms with E-state index in [1.165, 1.54) is 11.0 Å². The molecular weight excluding hydrogens is 328 g/mol. The summed E-state index contributed by atoms with van der Waals surface area (Å²) in [5, 5.41) is 7.24. The third-order valence-electron chi connectivity index (χ3n) is 3.58. The smallest absolute Gasteiger partial charge is 0.246 e. The molecule has 1 heterocycles. The fourth-order valence-corrected chi connectivity index (χ4v) is 2.20. The highest BCUT2D eigenvalue weighted by molar-refractivity contribution is 6.33. The Morgan fingerprint density at radius 1 is 1.38 bits per heavy atom. The fraction of sp³-hybridized carbons (Fsp3) is 0.235. The lowest BCUT2D eigenvalue weighted by Crippen LogP contribution is -2.33. The molecule has 0 fully saturated rings. The molecule has 126 valence electrons. The maximum absolute atomic E-state index is 12.1. The molecule has 24 heavy (non-hydrogen) atoms. The zero-order chi connectivity index (χ0) is 17.7. The molecule has 0 unspecified atom stereocenters. The number of nitrogens with one attached hydrogen (secondary N) is 1. The number of nitrogens with zero attached hydrogens (tertiary/aromatic N) is 3. The van der Waals surface area contributed by atoms with Gasteiger partial charge in [0.2, 0.25) is 11.8 Å². The molecule has 2 rings (SSSR count). The predicted octanol–water partition coefficient (Wildman–Crippen LogP) is 2.49. The predicted molar refractivity (Wildman–Crippen MR) is 94.7 cm³/mol. The summed E-state index contributed by atoms with van der Waals surface area (Å²) in [4.78, 5) is 25.4. The van der Waals surface area contributed by atoms with E-state index in [2.05, 4.69) is 10.4 Å². The Morgan fingerprint density at radius 2 is 2.08 bits per heavy atom. The second-order valence-electron chi connectivity index (χ2n) is 5.36. The molecule has 0 bridgehead atoms. The first-order chi connectivity index (χ1) is 11.4. The second kappa shape index (κ2) is 7.79. The molecule has 6 nitrogen and oxygen atoms in total. The van der Waals surface area contributed by atoms with Crippen molar-refractivity contribution in [1.29, 1.82) is 0 Å². The van der Waals surface area contributed by atoms with Crippen molar-refractivity contribution in [2.24, 2.45) is 7.05 Å². The van der Waals surface area contributed by atoms with Crippen molar-refractivity contribution in [2.45, 2.75) is 6.92 Å². The van der Waals surface area contributed by atoms with E-state index in [4.69, 9.17) is 11.6 Å². The highest BCUT2D eigenvalue weighted by Gasteiger charge is 2.12. The second-order valence-corrected chi connectivity index (χ2v) is 5.77.